The lowest BCUT2D eigenvalue weighted by Gasteiger charge is -2.12. The highest BCUT2D eigenvalue weighted by molar-refractivity contribution is 5.85. The van der Waals surface area contributed by atoms with E-state index in [1.165, 1.54) is 0 Å². The first-order chi connectivity index (χ1) is 12.6. The minimum absolute atomic E-state index is 0. The van der Waals surface area contributed by atoms with Crippen LogP contribution in [0.5, 0.6) is 11.5 Å². The molecular weight excluding hydrogens is 366 g/mol. The fourth-order valence-corrected chi connectivity index (χ4v) is 2.42. The molecule has 0 aliphatic carbocycles. The lowest BCUT2D eigenvalue weighted by atomic mass is 10.1. The van der Waals surface area contributed by atoms with Gasteiger partial charge in [-0.3, -0.25) is 0 Å². The Morgan fingerprint density at radius 2 is 1.74 bits per heavy atom. The van der Waals surface area contributed by atoms with Gasteiger partial charge in [-0.25, -0.2) is 0 Å². The van der Waals surface area contributed by atoms with Gasteiger partial charge in [0.1, 0.15) is 0 Å². The number of methoxy groups -OCH3 is 1. The average molecular weight is 390 g/mol. The maximum absolute atomic E-state index is 5.77. The van der Waals surface area contributed by atoms with Crippen molar-refractivity contribution in [2.45, 2.75) is 20.4 Å². The van der Waals surface area contributed by atoms with Crippen LogP contribution in [0.1, 0.15) is 19.4 Å². The van der Waals surface area contributed by atoms with E-state index in [1.807, 2.05) is 42.5 Å². The lowest BCUT2D eigenvalue weighted by Crippen LogP contribution is -2.05. The Bertz CT molecular complexity index is 863. The molecule has 27 heavy (non-hydrogen) atoms. The molecule has 0 spiro atoms. The zero-order valence-corrected chi connectivity index (χ0v) is 16.5. The fourth-order valence-electron chi connectivity index (χ4n) is 2.42. The molecule has 1 heterocycles. The van der Waals surface area contributed by atoms with Crippen LogP contribution in [0.2, 0.25) is 0 Å². The number of nitrogens with two attached hydrogens (primary N) is 1. The summed E-state index contributed by atoms with van der Waals surface area (Å²) in [6.45, 7) is 5.32. The summed E-state index contributed by atoms with van der Waals surface area (Å²) in [4.78, 5) is 4.48. The Kier molecular flexibility index (Phi) is 7.21. The summed E-state index contributed by atoms with van der Waals surface area (Å²) in [5.74, 6) is 2.72. The quantitative estimate of drug-likeness (QED) is 0.647. The molecule has 0 unspecified atom stereocenters. The zero-order valence-electron chi connectivity index (χ0n) is 15.6. The summed E-state index contributed by atoms with van der Waals surface area (Å²) in [6, 6.07) is 13.3. The number of ether oxygens (including phenoxy) is 2. The molecule has 1 aromatic heterocycles. The van der Waals surface area contributed by atoms with Crippen molar-refractivity contribution in [1.29, 1.82) is 0 Å². The molecule has 2 aromatic carbocycles. The molecule has 0 aliphatic heterocycles. The van der Waals surface area contributed by atoms with Crippen molar-refractivity contribution >= 4 is 12.4 Å². The number of hydrogen-bond acceptors (Lipinski definition) is 6. The summed E-state index contributed by atoms with van der Waals surface area (Å²) in [5.41, 5.74) is 8.33. The predicted octanol–water partition coefficient (Wildman–Crippen LogP) is 4.33. The molecule has 0 fully saturated rings. The first-order valence-electron chi connectivity index (χ1n) is 8.55. The molecule has 6 nitrogen and oxygen atoms in total. The van der Waals surface area contributed by atoms with E-state index in [-0.39, 0.29) is 12.4 Å². The van der Waals surface area contributed by atoms with Crippen molar-refractivity contribution in [3.05, 3.63) is 48.0 Å². The molecular formula is C20H24ClN3O3. The number of nitrogens with zero attached hydrogens (tertiary/aromatic N) is 2. The van der Waals surface area contributed by atoms with E-state index in [0.29, 0.717) is 42.3 Å². The van der Waals surface area contributed by atoms with Crippen molar-refractivity contribution in [1.82, 2.24) is 10.1 Å². The molecule has 144 valence electrons. The molecule has 0 bridgehead atoms. The van der Waals surface area contributed by atoms with Gasteiger partial charge >= 0.3 is 0 Å². The third-order valence-corrected chi connectivity index (χ3v) is 3.86. The summed E-state index contributed by atoms with van der Waals surface area (Å²) in [5, 5.41) is 4.07. The van der Waals surface area contributed by atoms with E-state index in [4.69, 9.17) is 19.7 Å². The molecule has 3 aromatic rings. The Hall–Kier alpha value is -2.57. The molecule has 0 saturated carbocycles. The Balaban J connectivity index is 0.00000261. The third-order valence-electron chi connectivity index (χ3n) is 3.86. The van der Waals surface area contributed by atoms with Gasteiger partial charge in [0.05, 0.1) is 13.7 Å². The van der Waals surface area contributed by atoms with Gasteiger partial charge in [-0.05, 0) is 29.7 Å². The highest BCUT2D eigenvalue weighted by Crippen LogP contribution is 2.33. The number of halogens is 1. The van der Waals surface area contributed by atoms with Gasteiger partial charge in [0.15, 0.2) is 11.5 Å². The Morgan fingerprint density at radius 3 is 2.37 bits per heavy atom. The van der Waals surface area contributed by atoms with Crippen molar-refractivity contribution in [2.24, 2.45) is 11.7 Å². The highest BCUT2D eigenvalue weighted by atomic mass is 35.5. The Labute approximate surface area is 165 Å². The topological polar surface area (TPSA) is 83.4 Å². The summed E-state index contributed by atoms with van der Waals surface area (Å²) in [7, 11) is 1.61. The van der Waals surface area contributed by atoms with Crippen LogP contribution < -0.4 is 15.2 Å². The van der Waals surface area contributed by atoms with Crippen LogP contribution in [0.4, 0.5) is 0 Å². The summed E-state index contributed by atoms with van der Waals surface area (Å²) in [6.07, 6.45) is 0. The van der Waals surface area contributed by atoms with Crippen LogP contribution in [0, 0.1) is 5.92 Å². The molecule has 0 atom stereocenters. The second-order valence-corrected chi connectivity index (χ2v) is 6.39. The van der Waals surface area contributed by atoms with Crippen LogP contribution in [-0.2, 0) is 6.54 Å². The summed E-state index contributed by atoms with van der Waals surface area (Å²) >= 11 is 0. The van der Waals surface area contributed by atoms with Gasteiger partial charge < -0.3 is 19.7 Å². The van der Waals surface area contributed by atoms with Crippen LogP contribution in [0.3, 0.4) is 0 Å². The number of hydrogen-bond donors (Lipinski definition) is 1. The Morgan fingerprint density at radius 1 is 1.04 bits per heavy atom. The largest absolute Gasteiger partial charge is 0.493 e. The van der Waals surface area contributed by atoms with Gasteiger partial charge in [-0.15, -0.1) is 12.4 Å². The molecule has 0 radical (unpaired) electrons. The molecule has 0 saturated heterocycles. The number of aromatic nitrogens is 2. The van der Waals surface area contributed by atoms with Crippen molar-refractivity contribution in [3.63, 3.8) is 0 Å². The minimum atomic E-state index is 0. The van der Waals surface area contributed by atoms with E-state index in [0.717, 1.165) is 16.7 Å². The van der Waals surface area contributed by atoms with E-state index in [1.54, 1.807) is 7.11 Å². The SMILES string of the molecule is COc1cc(-c2nc(-c3ccc(CN)cc3)no2)ccc1OCC(C)C.Cl. The number of rotatable bonds is 7. The van der Waals surface area contributed by atoms with Crippen LogP contribution in [-0.4, -0.2) is 23.9 Å². The van der Waals surface area contributed by atoms with Crippen molar-refractivity contribution in [2.75, 3.05) is 13.7 Å². The van der Waals surface area contributed by atoms with Gasteiger partial charge in [0.25, 0.3) is 5.89 Å². The molecule has 0 amide bonds. The molecule has 0 aliphatic rings. The summed E-state index contributed by atoms with van der Waals surface area (Å²) < 4.78 is 16.6. The normalized spacial score (nSPS) is 10.6. The standard InChI is InChI=1S/C20H23N3O3.ClH/c1-13(2)12-25-17-9-8-16(10-18(17)24-3)20-22-19(23-26-20)15-6-4-14(11-21)5-7-15;/h4-10,13H,11-12,21H2,1-3H3;1H. The first kappa shape index (κ1) is 20.7. The smallest absolute Gasteiger partial charge is 0.258 e. The van der Waals surface area contributed by atoms with Crippen molar-refractivity contribution < 1.29 is 14.0 Å². The van der Waals surface area contributed by atoms with Gasteiger partial charge in [-0.1, -0.05) is 43.3 Å². The highest BCUT2D eigenvalue weighted by Gasteiger charge is 2.14. The maximum atomic E-state index is 5.77. The second kappa shape index (κ2) is 9.39. The van der Waals surface area contributed by atoms with Crippen LogP contribution >= 0.6 is 12.4 Å². The predicted molar refractivity (Wildman–Crippen MR) is 107 cm³/mol. The van der Waals surface area contributed by atoms with E-state index in [2.05, 4.69) is 24.0 Å². The monoisotopic (exact) mass is 389 g/mol. The van der Waals surface area contributed by atoms with Crippen molar-refractivity contribution in [3.8, 4) is 34.3 Å². The third kappa shape index (κ3) is 4.99. The minimum Gasteiger partial charge on any atom is -0.493 e. The number of benzene rings is 2. The van der Waals surface area contributed by atoms with E-state index < -0.39 is 0 Å². The van der Waals surface area contributed by atoms with Crippen LogP contribution in [0.25, 0.3) is 22.8 Å². The second-order valence-electron chi connectivity index (χ2n) is 6.39. The van der Waals surface area contributed by atoms with Gasteiger partial charge in [-0.2, -0.15) is 4.98 Å². The molecule has 3 rings (SSSR count). The average Bonchev–Trinajstić information content (AvgIpc) is 3.16. The maximum Gasteiger partial charge on any atom is 0.258 e. The lowest BCUT2D eigenvalue weighted by molar-refractivity contribution is 0.257. The van der Waals surface area contributed by atoms with Gasteiger partial charge in [0, 0.05) is 17.7 Å². The molecule has 2 N–H and O–H groups in total. The van der Waals surface area contributed by atoms with E-state index in [9.17, 15) is 0 Å². The molecule has 7 heteroatoms. The van der Waals surface area contributed by atoms with Crippen LogP contribution in [0.15, 0.2) is 47.0 Å². The van der Waals surface area contributed by atoms with E-state index >= 15 is 0 Å². The van der Waals surface area contributed by atoms with Gasteiger partial charge in [0.2, 0.25) is 5.82 Å². The zero-order chi connectivity index (χ0) is 18.5. The fraction of sp³-hybridized carbons (Fsp3) is 0.300. The first-order valence-corrected chi connectivity index (χ1v) is 8.55.